The van der Waals surface area contributed by atoms with E-state index in [2.05, 4.69) is 11.4 Å². The lowest BCUT2D eigenvalue weighted by Gasteiger charge is -2.18. The van der Waals surface area contributed by atoms with Gasteiger partial charge in [0.1, 0.15) is 6.04 Å². The van der Waals surface area contributed by atoms with Gasteiger partial charge in [0.05, 0.1) is 0 Å². The average molecular weight is 277 g/mol. The van der Waals surface area contributed by atoms with Crippen LogP contribution < -0.4 is 5.32 Å². The van der Waals surface area contributed by atoms with Crippen LogP contribution in [0.25, 0.3) is 0 Å². The topological polar surface area (TPSA) is 66.4 Å². The van der Waals surface area contributed by atoms with Crippen molar-refractivity contribution in [1.29, 1.82) is 0 Å². The number of nitrogens with one attached hydrogen (secondary N) is 1. The van der Waals surface area contributed by atoms with Crippen molar-refractivity contribution in [1.82, 2.24) is 5.32 Å². The van der Waals surface area contributed by atoms with Gasteiger partial charge in [0.25, 0.3) is 0 Å². The molecule has 0 aliphatic heterocycles. The molecule has 0 aromatic heterocycles. The quantitative estimate of drug-likeness (QED) is 0.839. The van der Waals surface area contributed by atoms with Crippen LogP contribution in [0.5, 0.6) is 0 Å². The van der Waals surface area contributed by atoms with Crippen molar-refractivity contribution in [3.8, 4) is 0 Å². The Morgan fingerprint density at radius 1 is 1.25 bits per heavy atom. The van der Waals surface area contributed by atoms with Gasteiger partial charge in [0, 0.05) is 6.42 Å². The highest BCUT2D eigenvalue weighted by molar-refractivity contribution is 5.83. The summed E-state index contributed by atoms with van der Waals surface area (Å²) in [6, 6.07) is 5.31. The van der Waals surface area contributed by atoms with E-state index in [9.17, 15) is 9.59 Å². The Labute approximate surface area is 120 Å². The Kier molecular flexibility index (Phi) is 5.74. The first-order valence-corrected chi connectivity index (χ1v) is 6.89. The van der Waals surface area contributed by atoms with Crippen molar-refractivity contribution in [3.63, 3.8) is 0 Å². The van der Waals surface area contributed by atoms with Crippen molar-refractivity contribution in [2.75, 3.05) is 0 Å². The van der Waals surface area contributed by atoms with Gasteiger partial charge in [0.15, 0.2) is 0 Å². The maximum Gasteiger partial charge on any atom is 0.326 e. The lowest BCUT2D eigenvalue weighted by Crippen LogP contribution is -2.44. The fourth-order valence-electron chi connectivity index (χ4n) is 2.13. The zero-order valence-electron chi connectivity index (χ0n) is 12.6. The second-order valence-electron chi connectivity index (χ2n) is 5.56. The van der Waals surface area contributed by atoms with Crippen LogP contribution in [-0.2, 0) is 16.0 Å². The summed E-state index contributed by atoms with van der Waals surface area (Å²) in [6.45, 7) is 7.62. The van der Waals surface area contributed by atoms with Crippen LogP contribution in [0.15, 0.2) is 18.2 Å². The molecule has 1 aromatic rings. The molecule has 0 fully saturated rings. The van der Waals surface area contributed by atoms with Crippen LogP contribution in [0.3, 0.4) is 0 Å². The molecule has 110 valence electrons. The summed E-state index contributed by atoms with van der Waals surface area (Å²) in [4.78, 5) is 22.9. The highest BCUT2D eigenvalue weighted by Crippen LogP contribution is 2.12. The number of aliphatic carboxylic acids is 1. The van der Waals surface area contributed by atoms with Gasteiger partial charge < -0.3 is 10.4 Å². The molecule has 20 heavy (non-hydrogen) atoms. The molecule has 1 rings (SSSR count). The fourth-order valence-corrected chi connectivity index (χ4v) is 2.13. The summed E-state index contributed by atoms with van der Waals surface area (Å²) in [6.07, 6.45) is 0.933. The third-order valence-electron chi connectivity index (χ3n) is 3.37. The minimum Gasteiger partial charge on any atom is -0.480 e. The first-order valence-electron chi connectivity index (χ1n) is 6.89. The van der Waals surface area contributed by atoms with Crippen LogP contribution in [-0.4, -0.2) is 23.0 Å². The average Bonchev–Trinajstić information content (AvgIpc) is 2.34. The smallest absolute Gasteiger partial charge is 0.326 e. The summed E-state index contributed by atoms with van der Waals surface area (Å²) in [5, 5.41) is 11.6. The number of amides is 1. The molecular weight excluding hydrogens is 254 g/mol. The minimum atomic E-state index is -0.986. The number of benzene rings is 1. The third kappa shape index (κ3) is 4.68. The molecule has 0 bridgehead atoms. The van der Waals surface area contributed by atoms with Crippen molar-refractivity contribution in [2.45, 2.75) is 46.6 Å². The lowest BCUT2D eigenvalue weighted by molar-refractivity contribution is -0.143. The fraction of sp³-hybridized carbons (Fsp3) is 0.500. The Balaban J connectivity index is 2.57. The highest BCUT2D eigenvalue weighted by atomic mass is 16.4. The largest absolute Gasteiger partial charge is 0.480 e. The van der Waals surface area contributed by atoms with Gasteiger partial charge >= 0.3 is 5.97 Å². The molecule has 4 nitrogen and oxygen atoms in total. The third-order valence-corrected chi connectivity index (χ3v) is 3.37. The first kappa shape index (κ1) is 16.2. The zero-order valence-corrected chi connectivity index (χ0v) is 12.6. The predicted octanol–water partition coefficient (Wildman–Crippen LogP) is 2.46. The van der Waals surface area contributed by atoms with Gasteiger partial charge in [-0.1, -0.05) is 37.6 Å². The van der Waals surface area contributed by atoms with E-state index >= 15 is 0 Å². The number of carboxylic acids is 1. The molecule has 0 heterocycles. The number of hydrogen-bond acceptors (Lipinski definition) is 2. The highest BCUT2D eigenvalue weighted by Gasteiger charge is 2.23. The number of carboxylic acid groups (broad SMARTS) is 1. The molecule has 2 N–H and O–H groups in total. The maximum atomic E-state index is 11.8. The zero-order chi connectivity index (χ0) is 15.3. The predicted molar refractivity (Wildman–Crippen MR) is 78.6 cm³/mol. The molecule has 1 atom stereocenters. The van der Waals surface area contributed by atoms with Crippen LogP contribution in [0.4, 0.5) is 0 Å². The Morgan fingerprint density at radius 3 is 2.40 bits per heavy atom. The Morgan fingerprint density at radius 2 is 1.90 bits per heavy atom. The van der Waals surface area contributed by atoms with E-state index in [0.29, 0.717) is 12.8 Å². The number of carbonyl (C=O) groups excluding carboxylic acids is 1. The van der Waals surface area contributed by atoms with Crippen molar-refractivity contribution < 1.29 is 14.7 Å². The molecule has 0 aliphatic rings. The summed E-state index contributed by atoms with van der Waals surface area (Å²) in [7, 11) is 0. The number of carbonyl (C=O) groups is 2. The van der Waals surface area contributed by atoms with Gasteiger partial charge in [-0.05, 0) is 37.3 Å². The second kappa shape index (κ2) is 7.08. The Hall–Kier alpha value is -1.84. The Bertz CT molecular complexity index is 494. The monoisotopic (exact) mass is 277 g/mol. The second-order valence-corrected chi connectivity index (χ2v) is 5.56. The van der Waals surface area contributed by atoms with E-state index in [1.165, 1.54) is 5.56 Å². The van der Waals surface area contributed by atoms with E-state index in [4.69, 9.17) is 5.11 Å². The van der Waals surface area contributed by atoms with Crippen molar-refractivity contribution >= 4 is 11.9 Å². The summed E-state index contributed by atoms with van der Waals surface area (Å²) in [5.41, 5.74) is 3.49. The van der Waals surface area contributed by atoms with Crippen molar-refractivity contribution in [2.24, 2.45) is 5.92 Å². The molecule has 0 saturated heterocycles. The van der Waals surface area contributed by atoms with Gasteiger partial charge in [-0.15, -0.1) is 0 Å². The summed E-state index contributed by atoms with van der Waals surface area (Å²) in [5.74, 6) is -1.33. The molecule has 4 heteroatoms. The van der Waals surface area contributed by atoms with E-state index in [-0.39, 0.29) is 11.8 Å². The van der Waals surface area contributed by atoms with Gasteiger partial charge in [-0.25, -0.2) is 4.79 Å². The molecule has 0 spiro atoms. The lowest BCUT2D eigenvalue weighted by atomic mass is 10.0. The number of aryl methyl sites for hydroxylation is 3. The summed E-state index contributed by atoms with van der Waals surface area (Å²) >= 11 is 0. The first-order chi connectivity index (χ1) is 9.31. The van der Waals surface area contributed by atoms with Gasteiger partial charge in [0.2, 0.25) is 5.91 Å². The van der Waals surface area contributed by atoms with E-state index in [1.54, 1.807) is 13.8 Å². The molecule has 0 radical (unpaired) electrons. The minimum absolute atomic E-state index is 0.127. The van der Waals surface area contributed by atoms with Crippen LogP contribution in [0.2, 0.25) is 0 Å². The van der Waals surface area contributed by atoms with Crippen molar-refractivity contribution in [3.05, 3.63) is 34.9 Å². The SMILES string of the molecule is Cc1ccc(CCC(=O)N[C@H](C(=O)O)C(C)C)c(C)c1. The molecular formula is C16H23NO3. The molecule has 1 amide bonds. The van der Waals surface area contributed by atoms with Gasteiger partial charge in [-0.3, -0.25) is 4.79 Å². The van der Waals surface area contributed by atoms with E-state index < -0.39 is 12.0 Å². The summed E-state index contributed by atoms with van der Waals surface area (Å²) < 4.78 is 0. The van der Waals surface area contributed by atoms with Gasteiger partial charge in [-0.2, -0.15) is 0 Å². The molecule has 1 aromatic carbocycles. The standard InChI is InChI=1S/C16H23NO3/c1-10(2)15(16(19)20)17-14(18)8-7-13-6-5-11(3)9-12(13)4/h5-6,9-10,15H,7-8H2,1-4H3,(H,17,18)(H,19,20)/t15-/m0/s1. The maximum absolute atomic E-state index is 11.8. The normalized spacial score (nSPS) is 12.2. The molecule has 0 saturated carbocycles. The number of rotatable bonds is 6. The van der Waals surface area contributed by atoms with Crippen LogP contribution >= 0.6 is 0 Å². The van der Waals surface area contributed by atoms with E-state index in [0.717, 1.165) is 11.1 Å². The van der Waals surface area contributed by atoms with E-state index in [1.807, 2.05) is 26.0 Å². The van der Waals surface area contributed by atoms with Crippen LogP contribution in [0, 0.1) is 19.8 Å². The van der Waals surface area contributed by atoms with Crippen LogP contribution in [0.1, 0.15) is 37.0 Å². The molecule has 0 aliphatic carbocycles. The number of hydrogen-bond donors (Lipinski definition) is 2. The molecule has 0 unspecified atom stereocenters.